The van der Waals surface area contributed by atoms with E-state index < -0.39 is 5.54 Å². The average molecular weight is 365 g/mol. The number of hydrogen-bond donors (Lipinski definition) is 3. The topological polar surface area (TPSA) is 96.6 Å². The molecule has 8 heteroatoms. The first-order valence-electron chi connectivity index (χ1n) is 8.25. The minimum Gasteiger partial charge on any atom is -0.325 e. The molecule has 1 aliphatic rings. The van der Waals surface area contributed by atoms with Crippen molar-refractivity contribution >= 4 is 23.2 Å². The van der Waals surface area contributed by atoms with E-state index in [4.69, 9.17) is 16.9 Å². The van der Waals surface area contributed by atoms with Crippen LogP contribution in [0.2, 0.25) is 5.15 Å². The number of nitrogens with zero attached hydrogens (tertiary/aromatic N) is 4. The second kappa shape index (κ2) is 7.56. The smallest absolute Gasteiger partial charge is 0.209 e. The van der Waals surface area contributed by atoms with Gasteiger partial charge in [-0.15, -0.1) is 0 Å². The fourth-order valence-corrected chi connectivity index (χ4v) is 3.44. The molecule has 25 heavy (non-hydrogen) atoms. The van der Waals surface area contributed by atoms with Crippen molar-refractivity contribution in [2.24, 2.45) is 4.99 Å². The van der Waals surface area contributed by atoms with Crippen molar-refractivity contribution in [3.8, 4) is 6.19 Å². The van der Waals surface area contributed by atoms with Gasteiger partial charge in [0.1, 0.15) is 5.15 Å². The van der Waals surface area contributed by atoms with E-state index in [1.54, 1.807) is 18.3 Å². The molecule has 1 fully saturated rings. The van der Waals surface area contributed by atoms with Crippen molar-refractivity contribution in [1.29, 1.82) is 5.26 Å². The van der Waals surface area contributed by atoms with Crippen LogP contribution >= 0.6 is 11.6 Å². The van der Waals surface area contributed by atoms with Gasteiger partial charge < -0.3 is 10.5 Å². The SMILES string of the molecule is CC1(C)CCC(N=C(NC#N)Nc2ccnc(Cl)c2)CC(C)(C)N1O. The van der Waals surface area contributed by atoms with E-state index in [0.717, 1.165) is 12.8 Å². The van der Waals surface area contributed by atoms with Crippen LogP contribution in [0.5, 0.6) is 0 Å². The molecule has 1 aromatic rings. The number of aromatic nitrogens is 1. The number of rotatable bonds is 2. The lowest BCUT2D eigenvalue weighted by atomic mass is 9.94. The fourth-order valence-electron chi connectivity index (χ4n) is 3.27. The minimum atomic E-state index is -0.425. The van der Waals surface area contributed by atoms with Gasteiger partial charge >= 0.3 is 0 Å². The third-order valence-electron chi connectivity index (χ3n) is 4.45. The van der Waals surface area contributed by atoms with Gasteiger partial charge in [-0.3, -0.25) is 5.32 Å². The summed E-state index contributed by atoms with van der Waals surface area (Å²) in [7, 11) is 0. The number of nitriles is 1. The van der Waals surface area contributed by atoms with Crippen LogP contribution in [0.4, 0.5) is 5.69 Å². The fraction of sp³-hybridized carbons (Fsp3) is 0.588. The summed E-state index contributed by atoms with van der Waals surface area (Å²) in [6, 6.07) is 3.37. The molecule has 0 bridgehead atoms. The van der Waals surface area contributed by atoms with Gasteiger partial charge in [-0.2, -0.15) is 10.3 Å². The number of anilines is 1. The monoisotopic (exact) mass is 364 g/mol. The van der Waals surface area contributed by atoms with Crippen LogP contribution in [0.3, 0.4) is 0 Å². The molecular formula is C17H25ClN6O. The Kier molecular flexibility index (Phi) is 5.88. The maximum absolute atomic E-state index is 10.5. The first kappa shape index (κ1) is 19.4. The van der Waals surface area contributed by atoms with Crippen molar-refractivity contribution in [2.75, 3.05) is 5.32 Å². The lowest BCUT2D eigenvalue weighted by molar-refractivity contribution is -0.221. The maximum atomic E-state index is 10.5. The summed E-state index contributed by atoms with van der Waals surface area (Å²) in [5, 5.41) is 27.0. The van der Waals surface area contributed by atoms with E-state index in [2.05, 4.69) is 20.6 Å². The highest BCUT2D eigenvalue weighted by Crippen LogP contribution is 2.36. The van der Waals surface area contributed by atoms with Crippen LogP contribution in [-0.4, -0.2) is 38.3 Å². The summed E-state index contributed by atoms with van der Waals surface area (Å²) in [5.41, 5.74) is -0.0624. The van der Waals surface area contributed by atoms with E-state index >= 15 is 0 Å². The number of aliphatic imine (C=N–C) groups is 1. The summed E-state index contributed by atoms with van der Waals surface area (Å²) in [6.45, 7) is 8.03. The van der Waals surface area contributed by atoms with Crippen molar-refractivity contribution < 1.29 is 5.21 Å². The van der Waals surface area contributed by atoms with E-state index in [-0.39, 0.29) is 11.6 Å². The van der Waals surface area contributed by atoms with Crippen LogP contribution in [0.15, 0.2) is 23.3 Å². The number of halogens is 1. The van der Waals surface area contributed by atoms with Gasteiger partial charge in [0.2, 0.25) is 5.96 Å². The molecule has 2 rings (SSSR count). The normalized spacial score (nSPS) is 23.4. The van der Waals surface area contributed by atoms with Crippen LogP contribution < -0.4 is 10.6 Å². The highest BCUT2D eigenvalue weighted by molar-refractivity contribution is 6.29. The second-order valence-electron chi connectivity index (χ2n) is 7.54. The van der Waals surface area contributed by atoms with Crippen LogP contribution in [0.1, 0.15) is 47.0 Å². The molecule has 0 spiro atoms. The summed E-state index contributed by atoms with van der Waals surface area (Å²) in [6.07, 6.45) is 5.75. The van der Waals surface area contributed by atoms with Crippen molar-refractivity contribution in [1.82, 2.24) is 15.4 Å². The molecule has 0 amide bonds. The molecule has 3 N–H and O–H groups in total. The first-order valence-corrected chi connectivity index (χ1v) is 8.62. The summed E-state index contributed by atoms with van der Waals surface area (Å²) in [4.78, 5) is 8.61. The molecule has 1 saturated heterocycles. The molecule has 0 aliphatic carbocycles. The predicted octanol–water partition coefficient (Wildman–Crippen LogP) is 3.37. The first-order chi connectivity index (χ1) is 11.6. The number of hydrogen-bond acceptors (Lipinski definition) is 5. The molecule has 7 nitrogen and oxygen atoms in total. The zero-order chi connectivity index (χ0) is 18.7. The molecule has 2 heterocycles. The number of pyridine rings is 1. The van der Waals surface area contributed by atoms with Gasteiger partial charge in [-0.1, -0.05) is 11.6 Å². The Labute approximate surface area is 153 Å². The van der Waals surface area contributed by atoms with Crippen LogP contribution in [0, 0.1) is 11.5 Å². The molecular weight excluding hydrogens is 340 g/mol. The van der Waals surface area contributed by atoms with E-state index in [0.29, 0.717) is 23.2 Å². The second-order valence-corrected chi connectivity index (χ2v) is 7.93. The number of nitrogens with one attached hydrogen (secondary N) is 2. The van der Waals surface area contributed by atoms with Crippen LogP contribution in [-0.2, 0) is 0 Å². The largest absolute Gasteiger partial charge is 0.325 e. The molecule has 1 unspecified atom stereocenters. The Morgan fingerprint density at radius 2 is 2.16 bits per heavy atom. The summed E-state index contributed by atoms with van der Waals surface area (Å²) >= 11 is 5.89. The van der Waals surface area contributed by atoms with Crippen molar-refractivity contribution in [2.45, 2.75) is 64.1 Å². The lowest BCUT2D eigenvalue weighted by Crippen LogP contribution is -2.52. The Morgan fingerprint density at radius 3 is 2.80 bits per heavy atom. The minimum absolute atomic E-state index is 0.0351. The summed E-state index contributed by atoms with van der Waals surface area (Å²) in [5.74, 6) is 0.356. The highest BCUT2D eigenvalue weighted by atomic mass is 35.5. The molecule has 0 saturated carbocycles. The summed E-state index contributed by atoms with van der Waals surface area (Å²) < 4.78 is 0. The molecule has 1 aromatic heterocycles. The quantitative estimate of drug-likeness (QED) is 0.245. The van der Waals surface area contributed by atoms with E-state index in [1.807, 2.05) is 33.9 Å². The number of guanidine groups is 1. The zero-order valence-electron chi connectivity index (χ0n) is 15.0. The predicted molar refractivity (Wildman–Crippen MR) is 98.5 cm³/mol. The maximum Gasteiger partial charge on any atom is 0.209 e. The third-order valence-corrected chi connectivity index (χ3v) is 4.65. The highest BCUT2D eigenvalue weighted by Gasteiger charge is 2.41. The Balaban J connectivity index is 2.23. The lowest BCUT2D eigenvalue weighted by Gasteiger charge is -2.42. The zero-order valence-corrected chi connectivity index (χ0v) is 15.8. The van der Waals surface area contributed by atoms with Gasteiger partial charge in [0, 0.05) is 23.0 Å². The van der Waals surface area contributed by atoms with Gasteiger partial charge in [0.05, 0.1) is 6.04 Å². The Bertz CT molecular complexity index is 682. The molecule has 1 atom stereocenters. The van der Waals surface area contributed by atoms with Crippen LogP contribution in [0.25, 0.3) is 0 Å². The van der Waals surface area contributed by atoms with Gasteiger partial charge in [0.25, 0.3) is 0 Å². The third kappa shape index (κ3) is 5.05. The van der Waals surface area contributed by atoms with E-state index in [1.165, 1.54) is 5.06 Å². The molecule has 0 aromatic carbocycles. The van der Waals surface area contributed by atoms with E-state index in [9.17, 15) is 5.21 Å². The van der Waals surface area contributed by atoms with Gasteiger partial charge in [-0.05, 0) is 59.1 Å². The molecule has 0 radical (unpaired) electrons. The Morgan fingerprint density at radius 1 is 1.44 bits per heavy atom. The Hall–Kier alpha value is -1.88. The van der Waals surface area contributed by atoms with Crippen molar-refractivity contribution in [3.63, 3.8) is 0 Å². The van der Waals surface area contributed by atoms with Gasteiger partial charge in [0.15, 0.2) is 6.19 Å². The average Bonchev–Trinajstić information content (AvgIpc) is 2.58. The molecule has 1 aliphatic heterocycles. The molecule has 136 valence electrons. The van der Waals surface area contributed by atoms with Gasteiger partial charge in [-0.25, -0.2) is 9.98 Å². The standard InChI is InChI=1S/C17H25ClN6O/c1-16(2)7-5-13(10-17(3,4)24(16)25)23-15(21-11-19)22-12-6-8-20-14(18)9-12/h6,8-9,13,25H,5,7,10H2,1-4H3,(H2,20,21,22,23). The number of hydroxylamine groups is 2. The van der Waals surface area contributed by atoms with Crippen molar-refractivity contribution in [3.05, 3.63) is 23.5 Å².